The van der Waals surface area contributed by atoms with Crippen LogP contribution in [0.15, 0.2) is 5.16 Å². The molecule has 1 aliphatic rings. The molecule has 66 valence electrons. The van der Waals surface area contributed by atoms with Crippen molar-refractivity contribution < 1.29 is 5.21 Å². The van der Waals surface area contributed by atoms with E-state index in [9.17, 15) is 0 Å². The summed E-state index contributed by atoms with van der Waals surface area (Å²) >= 11 is 1.50. The minimum atomic E-state index is 0.481. The van der Waals surface area contributed by atoms with E-state index in [0.717, 1.165) is 22.4 Å². The van der Waals surface area contributed by atoms with Crippen molar-refractivity contribution in [3.8, 4) is 0 Å². The van der Waals surface area contributed by atoms with Gasteiger partial charge >= 0.3 is 0 Å². The van der Waals surface area contributed by atoms with E-state index in [-0.39, 0.29) is 0 Å². The Morgan fingerprint density at radius 3 is 3.00 bits per heavy atom. The highest BCUT2D eigenvalue weighted by Crippen LogP contribution is 2.40. The number of nitrogens with zero attached hydrogens (tertiary/aromatic N) is 4. The first-order valence-electron chi connectivity index (χ1n) is 3.88. The maximum atomic E-state index is 9.01. The van der Waals surface area contributed by atoms with E-state index in [2.05, 4.69) is 22.4 Å². The second kappa shape index (κ2) is 2.93. The monoisotopic (exact) mass is 186 g/mol. The topological polar surface area (TPSA) is 63.8 Å². The molecule has 0 amide bonds. The minimum Gasteiger partial charge on any atom is -0.408 e. The van der Waals surface area contributed by atoms with Crippen LogP contribution < -0.4 is 0 Å². The van der Waals surface area contributed by atoms with E-state index < -0.39 is 0 Å². The van der Waals surface area contributed by atoms with Crippen molar-refractivity contribution >= 4 is 11.8 Å². The molecule has 1 aromatic rings. The number of hydrogen-bond donors (Lipinski definition) is 1. The van der Waals surface area contributed by atoms with Gasteiger partial charge in [0.05, 0.1) is 0 Å². The number of hydrogen-bond acceptors (Lipinski definition) is 5. The molecular weight excluding hydrogens is 176 g/mol. The van der Waals surface area contributed by atoms with Gasteiger partial charge in [-0.25, -0.2) is 0 Å². The zero-order chi connectivity index (χ0) is 8.55. The second-order valence-corrected chi connectivity index (χ2v) is 4.12. The molecule has 1 aromatic heterocycles. The average Bonchev–Trinajstić information content (AvgIpc) is 2.57. The maximum absolute atomic E-state index is 9.01. The lowest BCUT2D eigenvalue weighted by Crippen LogP contribution is -1.96. The van der Waals surface area contributed by atoms with Crippen molar-refractivity contribution in [3.63, 3.8) is 0 Å². The molecule has 2 atom stereocenters. The Balaban J connectivity index is 1.84. The zero-order valence-corrected chi connectivity index (χ0v) is 7.53. The van der Waals surface area contributed by atoms with E-state index in [1.165, 1.54) is 18.2 Å². The fourth-order valence-corrected chi connectivity index (χ4v) is 2.15. The van der Waals surface area contributed by atoms with Gasteiger partial charge in [0.1, 0.15) is 0 Å². The molecule has 1 aliphatic carbocycles. The van der Waals surface area contributed by atoms with Crippen molar-refractivity contribution in [3.05, 3.63) is 0 Å². The summed E-state index contributed by atoms with van der Waals surface area (Å²) in [6, 6.07) is 0. The molecule has 0 radical (unpaired) electrons. The Morgan fingerprint density at radius 1 is 1.75 bits per heavy atom. The Bertz CT molecular complexity index is 276. The lowest BCUT2D eigenvalue weighted by molar-refractivity contribution is 0.119. The van der Waals surface area contributed by atoms with Crippen LogP contribution in [0, 0.1) is 11.8 Å². The fourth-order valence-electron chi connectivity index (χ4n) is 1.07. The van der Waals surface area contributed by atoms with Gasteiger partial charge in [0.25, 0.3) is 0 Å². The number of rotatable bonds is 3. The number of aromatic nitrogens is 4. The normalized spacial score (nSPS) is 27.4. The summed E-state index contributed by atoms with van der Waals surface area (Å²) in [5, 5.41) is 19.8. The molecule has 2 rings (SSSR count). The van der Waals surface area contributed by atoms with E-state index in [1.54, 1.807) is 0 Å². The van der Waals surface area contributed by atoms with Crippen LogP contribution in [0.2, 0.25) is 0 Å². The van der Waals surface area contributed by atoms with E-state index in [4.69, 9.17) is 5.21 Å². The molecule has 0 aromatic carbocycles. The second-order valence-electron chi connectivity index (χ2n) is 3.13. The van der Waals surface area contributed by atoms with Crippen LogP contribution in [0.25, 0.3) is 0 Å². The highest BCUT2D eigenvalue weighted by molar-refractivity contribution is 7.99. The molecule has 1 heterocycles. The zero-order valence-electron chi connectivity index (χ0n) is 6.71. The average molecular weight is 186 g/mol. The van der Waals surface area contributed by atoms with Gasteiger partial charge in [0.15, 0.2) is 0 Å². The SMILES string of the molecule is CC1CC1CSc1nnnn1O. The molecule has 0 saturated heterocycles. The molecule has 12 heavy (non-hydrogen) atoms. The third kappa shape index (κ3) is 1.52. The first-order chi connectivity index (χ1) is 5.77. The minimum absolute atomic E-state index is 0.481. The fraction of sp³-hybridized carbons (Fsp3) is 0.833. The summed E-state index contributed by atoms with van der Waals surface area (Å²) < 4.78 is 0. The van der Waals surface area contributed by atoms with Crippen LogP contribution in [0.4, 0.5) is 0 Å². The van der Waals surface area contributed by atoms with Crippen LogP contribution in [0.1, 0.15) is 13.3 Å². The molecule has 0 spiro atoms. The van der Waals surface area contributed by atoms with Gasteiger partial charge in [0, 0.05) is 5.75 Å². The molecule has 5 nitrogen and oxygen atoms in total. The van der Waals surface area contributed by atoms with E-state index >= 15 is 0 Å². The summed E-state index contributed by atoms with van der Waals surface area (Å²) in [6.07, 6.45) is 1.29. The van der Waals surface area contributed by atoms with Crippen LogP contribution >= 0.6 is 11.8 Å². The van der Waals surface area contributed by atoms with Gasteiger partial charge in [-0.3, -0.25) is 0 Å². The first kappa shape index (κ1) is 7.85. The Labute approximate surface area is 74.1 Å². The standard InChI is InChI=1S/C6H10N4OS/c1-4-2-5(4)3-12-6-7-8-9-10(6)11/h4-5,11H,2-3H2,1H3. The number of thioether (sulfide) groups is 1. The smallest absolute Gasteiger partial charge is 0.248 e. The van der Waals surface area contributed by atoms with Crippen molar-refractivity contribution in [2.24, 2.45) is 11.8 Å². The predicted octanol–water partition coefficient (Wildman–Crippen LogP) is 0.658. The molecular formula is C6H10N4OS. The van der Waals surface area contributed by atoms with Crippen LogP contribution in [-0.4, -0.2) is 31.3 Å². The van der Waals surface area contributed by atoms with Crippen molar-refractivity contribution in [1.29, 1.82) is 0 Å². The Kier molecular flexibility index (Phi) is 1.92. The maximum Gasteiger partial charge on any atom is 0.248 e. The van der Waals surface area contributed by atoms with Crippen molar-refractivity contribution in [2.75, 3.05) is 5.75 Å². The van der Waals surface area contributed by atoms with Gasteiger partial charge in [-0.2, -0.15) is 0 Å². The number of tetrazole rings is 1. The highest BCUT2D eigenvalue weighted by Gasteiger charge is 2.32. The third-order valence-electron chi connectivity index (χ3n) is 2.13. The predicted molar refractivity (Wildman–Crippen MR) is 43.0 cm³/mol. The molecule has 0 bridgehead atoms. The van der Waals surface area contributed by atoms with Gasteiger partial charge in [-0.05, 0) is 28.7 Å². The van der Waals surface area contributed by atoms with Gasteiger partial charge in [-0.15, -0.1) is 0 Å². The van der Waals surface area contributed by atoms with E-state index in [0.29, 0.717) is 5.16 Å². The third-order valence-corrected chi connectivity index (χ3v) is 3.23. The summed E-state index contributed by atoms with van der Waals surface area (Å²) in [5.41, 5.74) is 0. The summed E-state index contributed by atoms with van der Waals surface area (Å²) in [4.78, 5) is 0.720. The Morgan fingerprint density at radius 2 is 2.50 bits per heavy atom. The molecule has 0 aliphatic heterocycles. The quantitative estimate of drug-likeness (QED) is 0.555. The van der Waals surface area contributed by atoms with Gasteiger partial charge in [-0.1, -0.05) is 28.6 Å². The summed E-state index contributed by atoms with van der Waals surface area (Å²) in [5.74, 6) is 2.62. The van der Waals surface area contributed by atoms with E-state index in [1.807, 2.05) is 0 Å². The molecule has 1 fully saturated rings. The lowest BCUT2D eigenvalue weighted by atomic mass is 10.4. The molecule has 2 unspecified atom stereocenters. The summed E-state index contributed by atoms with van der Waals surface area (Å²) in [6.45, 7) is 2.23. The molecule has 1 saturated carbocycles. The Hall–Kier alpha value is -0.780. The molecule has 1 N–H and O–H groups in total. The first-order valence-corrected chi connectivity index (χ1v) is 4.86. The highest BCUT2D eigenvalue weighted by atomic mass is 32.2. The van der Waals surface area contributed by atoms with Gasteiger partial charge in [0.2, 0.25) is 5.16 Å². The van der Waals surface area contributed by atoms with Crippen LogP contribution in [0.5, 0.6) is 0 Å². The largest absolute Gasteiger partial charge is 0.408 e. The van der Waals surface area contributed by atoms with Gasteiger partial charge < -0.3 is 5.21 Å². The molecule has 6 heteroatoms. The summed E-state index contributed by atoms with van der Waals surface area (Å²) in [7, 11) is 0. The van der Waals surface area contributed by atoms with Crippen LogP contribution in [-0.2, 0) is 0 Å². The van der Waals surface area contributed by atoms with Crippen molar-refractivity contribution in [2.45, 2.75) is 18.5 Å². The van der Waals surface area contributed by atoms with Crippen LogP contribution in [0.3, 0.4) is 0 Å². The van der Waals surface area contributed by atoms with Crippen molar-refractivity contribution in [1.82, 2.24) is 20.4 Å². The lowest BCUT2D eigenvalue weighted by Gasteiger charge is -1.94.